The predicted octanol–water partition coefficient (Wildman–Crippen LogP) is 3.12. The lowest BCUT2D eigenvalue weighted by Crippen LogP contribution is -2.41. The fourth-order valence-corrected chi connectivity index (χ4v) is 4.35. The topological polar surface area (TPSA) is 31.0 Å². The first-order valence-corrected chi connectivity index (χ1v) is 8.29. The summed E-state index contributed by atoms with van der Waals surface area (Å²) in [5, 5.41) is 0. The van der Waals surface area contributed by atoms with Crippen LogP contribution in [0.15, 0.2) is 0 Å². The zero-order chi connectivity index (χ0) is 12.7. The Balaban J connectivity index is 1.27. The predicted molar refractivity (Wildman–Crippen MR) is 71.8 cm³/mol. The minimum atomic E-state index is 0.102. The molecule has 2 heterocycles. The lowest BCUT2D eigenvalue weighted by Gasteiger charge is -2.38. The van der Waals surface area contributed by atoms with Gasteiger partial charge in [-0.2, -0.15) is 0 Å². The van der Waals surface area contributed by atoms with Crippen molar-refractivity contribution < 1.29 is 14.2 Å². The van der Waals surface area contributed by atoms with Crippen LogP contribution in [0, 0.1) is 17.8 Å². The molecule has 4 fully saturated rings. The van der Waals surface area contributed by atoms with Gasteiger partial charge in [0.1, 0.15) is 0 Å². The molecule has 0 amide bonds. The Hall–Kier alpha value is -0.120. The van der Waals surface area contributed by atoms with Crippen LogP contribution in [0.3, 0.4) is 0 Å². The summed E-state index contributed by atoms with van der Waals surface area (Å²) >= 11 is 0. The summed E-state index contributed by atoms with van der Waals surface area (Å²) in [5.41, 5.74) is 0. The van der Waals surface area contributed by atoms with Crippen molar-refractivity contribution in [1.29, 1.82) is 0 Å². The average molecular weight is 266 g/mol. The highest BCUT2D eigenvalue weighted by Crippen LogP contribution is 2.43. The Morgan fingerprint density at radius 1 is 0.632 bits per heavy atom. The van der Waals surface area contributed by atoms with Crippen molar-refractivity contribution >= 4 is 0 Å². The number of fused-ring (bicyclic) bond motifs is 1. The third kappa shape index (κ3) is 2.70. The lowest BCUT2D eigenvalue weighted by atomic mass is 9.80. The minimum Gasteiger partial charge on any atom is -0.370 e. The molecule has 0 aromatic heterocycles. The van der Waals surface area contributed by atoms with Crippen LogP contribution >= 0.6 is 0 Å². The SMILES string of the molecule is C1CCC(C2OCC(C3CCC4OC4C3)CO2)CC1. The monoisotopic (exact) mass is 266 g/mol. The number of hydrogen-bond donors (Lipinski definition) is 0. The molecule has 4 rings (SSSR count). The summed E-state index contributed by atoms with van der Waals surface area (Å²) in [5.74, 6) is 2.05. The Morgan fingerprint density at radius 2 is 1.42 bits per heavy atom. The Morgan fingerprint density at radius 3 is 2.16 bits per heavy atom. The average Bonchev–Trinajstić information content (AvgIpc) is 3.27. The second-order valence-corrected chi connectivity index (χ2v) is 6.98. The van der Waals surface area contributed by atoms with Crippen molar-refractivity contribution in [1.82, 2.24) is 0 Å². The van der Waals surface area contributed by atoms with Crippen molar-refractivity contribution in [3.05, 3.63) is 0 Å². The van der Waals surface area contributed by atoms with Crippen LogP contribution in [-0.2, 0) is 14.2 Å². The van der Waals surface area contributed by atoms with E-state index in [4.69, 9.17) is 14.2 Å². The van der Waals surface area contributed by atoms with Gasteiger partial charge in [0.15, 0.2) is 6.29 Å². The smallest absolute Gasteiger partial charge is 0.160 e. The lowest BCUT2D eigenvalue weighted by molar-refractivity contribution is -0.235. The van der Waals surface area contributed by atoms with Crippen LogP contribution in [0.5, 0.6) is 0 Å². The van der Waals surface area contributed by atoms with Gasteiger partial charge in [0.2, 0.25) is 0 Å². The van der Waals surface area contributed by atoms with E-state index in [2.05, 4.69) is 0 Å². The molecule has 2 aliphatic carbocycles. The Bertz CT molecular complexity index is 305. The largest absolute Gasteiger partial charge is 0.370 e. The molecule has 4 aliphatic rings. The first-order chi connectivity index (χ1) is 9.40. The van der Waals surface area contributed by atoms with Crippen molar-refractivity contribution in [2.75, 3.05) is 13.2 Å². The van der Waals surface area contributed by atoms with E-state index in [1.165, 1.54) is 51.4 Å². The van der Waals surface area contributed by atoms with Crippen molar-refractivity contribution in [2.45, 2.75) is 69.9 Å². The highest BCUT2D eigenvalue weighted by atomic mass is 16.7. The third-order valence-corrected chi connectivity index (χ3v) is 5.70. The van der Waals surface area contributed by atoms with Crippen LogP contribution in [0.4, 0.5) is 0 Å². The third-order valence-electron chi connectivity index (χ3n) is 5.70. The van der Waals surface area contributed by atoms with Gasteiger partial charge in [-0.05, 0) is 38.0 Å². The van der Waals surface area contributed by atoms with Gasteiger partial charge in [0, 0.05) is 11.8 Å². The number of ether oxygens (including phenoxy) is 3. The molecule has 0 aromatic rings. The molecule has 2 saturated heterocycles. The van der Waals surface area contributed by atoms with E-state index in [1.807, 2.05) is 0 Å². The summed E-state index contributed by atoms with van der Waals surface area (Å²) in [6.07, 6.45) is 11.8. The zero-order valence-electron chi connectivity index (χ0n) is 11.8. The van der Waals surface area contributed by atoms with Gasteiger partial charge >= 0.3 is 0 Å². The zero-order valence-corrected chi connectivity index (χ0v) is 11.8. The standard InChI is InChI=1S/C16H26O3/c1-2-4-11(5-3-1)16-17-9-13(10-18-16)12-6-7-14-15(8-12)19-14/h11-16H,1-10H2. The molecule has 19 heavy (non-hydrogen) atoms. The molecule has 2 saturated carbocycles. The number of hydrogen-bond acceptors (Lipinski definition) is 3. The van der Waals surface area contributed by atoms with Crippen LogP contribution in [0.1, 0.15) is 51.4 Å². The summed E-state index contributed by atoms with van der Waals surface area (Å²) in [4.78, 5) is 0. The summed E-state index contributed by atoms with van der Waals surface area (Å²) in [6, 6.07) is 0. The molecule has 3 unspecified atom stereocenters. The van der Waals surface area contributed by atoms with E-state index in [-0.39, 0.29) is 6.29 Å². The van der Waals surface area contributed by atoms with Gasteiger partial charge in [0.25, 0.3) is 0 Å². The van der Waals surface area contributed by atoms with Crippen LogP contribution < -0.4 is 0 Å². The molecule has 0 N–H and O–H groups in total. The quantitative estimate of drug-likeness (QED) is 0.720. The van der Waals surface area contributed by atoms with Gasteiger partial charge in [-0.25, -0.2) is 0 Å². The number of rotatable bonds is 2. The Labute approximate surface area is 116 Å². The second kappa shape index (κ2) is 5.34. The highest BCUT2D eigenvalue weighted by Gasteiger charge is 2.46. The maximum absolute atomic E-state index is 6.07. The molecule has 0 spiro atoms. The van der Waals surface area contributed by atoms with Crippen molar-refractivity contribution in [3.8, 4) is 0 Å². The first kappa shape index (κ1) is 12.6. The normalized spacial score (nSPS) is 47.7. The van der Waals surface area contributed by atoms with E-state index < -0.39 is 0 Å². The first-order valence-electron chi connectivity index (χ1n) is 8.29. The molecule has 108 valence electrons. The summed E-state index contributed by atoms with van der Waals surface area (Å²) < 4.78 is 17.8. The summed E-state index contributed by atoms with van der Waals surface area (Å²) in [7, 11) is 0. The Kier molecular flexibility index (Phi) is 3.55. The molecule has 3 heteroatoms. The molecule has 0 aromatic carbocycles. The number of epoxide rings is 1. The van der Waals surface area contributed by atoms with Gasteiger partial charge in [-0.15, -0.1) is 0 Å². The van der Waals surface area contributed by atoms with E-state index in [0.717, 1.165) is 19.1 Å². The molecular formula is C16H26O3. The van der Waals surface area contributed by atoms with Gasteiger partial charge in [0.05, 0.1) is 25.4 Å². The molecule has 0 radical (unpaired) electrons. The second-order valence-electron chi connectivity index (χ2n) is 6.98. The molecule has 0 bridgehead atoms. The summed E-state index contributed by atoms with van der Waals surface area (Å²) in [6.45, 7) is 1.84. The minimum absolute atomic E-state index is 0.102. The van der Waals surface area contributed by atoms with Gasteiger partial charge in [-0.3, -0.25) is 0 Å². The molecular weight excluding hydrogens is 240 g/mol. The van der Waals surface area contributed by atoms with Crippen LogP contribution in [0.2, 0.25) is 0 Å². The maximum Gasteiger partial charge on any atom is 0.160 e. The van der Waals surface area contributed by atoms with Crippen LogP contribution in [0.25, 0.3) is 0 Å². The maximum atomic E-state index is 6.07. The molecule has 3 nitrogen and oxygen atoms in total. The fourth-order valence-electron chi connectivity index (χ4n) is 4.35. The highest BCUT2D eigenvalue weighted by molar-refractivity contribution is 4.94. The molecule has 2 aliphatic heterocycles. The van der Waals surface area contributed by atoms with Gasteiger partial charge in [-0.1, -0.05) is 19.3 Å². The fraction of sp³-hybridized carbons (Fsp3) is 1.00. The van der Waals surface area contributed by atoms with E-state index in [9.17, 15) is 0 Å². The van der Waals surface area contributed by atoms with E-state index in [0.29, 0.717) is 24.0 Å². The van der Waals surface area contributed by atoms with Gasteiger partial charge < -0.3 is 14.2 Å². The van der Waals surface area contributed by atoms with E-state index >= 15 is 0 Å². The van der Waals surface area contributed by atoms with Crippen LogP contribution in [-0.4, -0.2) is 31.7 Å². The molecule has 3 atom stereocenters. The van der Waals surface area contributed by atoms with Crippen molar-refractivity contribution in [3.63, 3.8) is 0 Å². The van der Waals surface area contributed by atoms with Crippen molar-refractivity contribution in [2.24, 2.45) is 17.8 Å². The van der Waals surface area contributed by atoms with E-state index in [1.54, 1.807) is 0 Å².